The molecule has 4 N–H and O–H groups in total. The highest BCUT2D eigenvalue weighted by molar-refractivity contribution is 7.21. The maximum Gasteiger partial charge on any atom is 0.264 e. The van der Waals surface area contributed by atoms with Gasteiger partial charge in [0.15, 0.2) is 5.75 Å². The van der Waals surface area contributed by atoms with E-state index < -0.39 is 5.91 Å². The highest BCUT2D eigenvalue weighted by Gasteiger charge is 2.24. The fourth-order valence-corrected chi connectivity index (χ4v) is 4.62. The van der Waals surface area contributed by atoms with Gasteiger partial charge in [-0.2, -0.15) is 0 Å². The predicted octanol–water partition coefficient (Wildman–Crippen LogP) is 5.93. The van der Waals surface area contributed by atoms with Crippen LogP contribution < -0.4 is 5.32 Å². The minimum absolute atomic E-state index is 0.200. The summed E-state index contributed by atoms with van der Waals surface area (Å²) in [6.07, 6.45) is 0. The first-order valence-corrected chi connectivity index (χ1v) is 10.8. The van der Waals surface area contributed by atoms with Crippen molar-refractivity contribution >= 4 is 33.1 Å². The molecular formula is C25H19N3O3S. The zero-order valence-electron chi connectivity index (χ0n) is 17.1. The Morgan fingerprint density at radius 2 is 1.72 bits per heavy atom. The maximum atomic E-state index is 12.7. The monoisotopic (exact) mass is 441 g/mol. The third kappa shape index (κ3) is 3.59. The van der Waals surface area contributed by atoms with Crippen LogP contribution in [0, 0.1) is 6.92 Å². The molecule has 0 aliphatic carbocycles. The van der Waals surface area contributed by atoms with Crippen molar-refractivity contribution in [3.8, 4) is 33.5 Å². The number of H-pyrrole nitrogens is 1. The van der Waals surface area contributed by atoms with Crippen LogP contribution in [0.2, 0.25) is 0 Å². The topological polar surface area (TPSA) is 98.2 Å². The molecule has 7 heteroatoms. The number of benzene rings is 3. The molecule has 0 fully saturated rings. The van der Waals surface area contributed by atoms with E-state index in [0.717, 1.165) is 20.8 Å². The van der Waals surface area contributed by atoms with E-state index in [1.807, 2.05) is 30.3 Å². The molecular weight excluding hydrogens is 422 g/mol. The average Bonchev–Trinajstić information content (AvgIpc) is 3.34. The largest absolute Gasteiger partial charge is 0.505 e. The fourth-order valence-electron chi connectivity index (χ4n) is 3.55. The molecule has 158 valence electrons. The zero-order valence-corrected chi connectivity index (χ0v) is 17.9. The van der Waals surface area contributed by atoms with Gasteiger partial charge >= 0.3 is 0 Å². The number of thiazole rings is 1. The molecule has 2 heterocycles. The summed E-state index contributed by atoms with van der Waals surface area (Å²) in [5.74, 6) is -1.30. The van der Waals surface area contributed by atoms with Crippen molar-refractivity contribution in [2.24, 2.45) is 0 Å². The van der Waals surface area contributed by atoms with E-state index >= 15 is 0 Å². The second-order valence-electron chi connectivity index (χ2n) is 7.46. The lowest BCUT2D eigenvalue weighted by Crippen LogP contribution is -2.11. The Morgan fingerprint density at radius 1 is 0.969 bits per heavy atom. The van der Waals surface area contributed by atoms with Crippen LogP contribution in [0.25, 0.3) is 32.0 Å². The van der Waals surface area contributed by atoms with Crippen molar-refractivity contribution < 1.29 is 15.0 Å². The van der Waals surface area contributed by atoms with E-state index in [-0.39, 0.29) is 22.9 Å². The maximum absolute atomic E-state index is 12.7. The Morgan fingerprint density at radius 3 is 2.47 bits per heavy atom. The number of amides is 1. The summed E-state index contributed by atoms with van der Waals surface area (Å²) in [7, 11) is 0. The van der Waals surface area contributed by atoms with Gasteiger partial charge in [-0.05, 0) is 48.9 Å². The van der Waals surface area contributed by atoms with Crippen LogP contribution in [0.15, 0.2) is 72.8 Å². The quantitative estimate of drug-likeness (QED) is 0.278. The van der Waals surface area contributed by atoms with Gasteiger partial charge in [-0.3, -0.25) is 4.79 Å². The van der Waals surface area contributed by atoms with Crippen LogP contribution in [0.3, 0.4) is 0 Å². The normalized spacial score (nSPS) is 11.0. The van der Waals surface area contributed by atoms with Gasteiger partial charge in [-0.15, -0.1) is 11.3 Å². The summed E-state index contributed by atoms with van der Waals surface area (Å²) in [6.45, 7) is 2.05. The van der Waals surface area contributed by atoms with Gasteiger partial charge in [-0.25, -0.2) is 4.98 Å². The summed E-state index contributed by atoms with van der Waals surface area (Å²) < 4.78 is 1.13. The molecule has 0 saturated carbocycles. The van der Waals surface area contributed by atoms with Gasteiger partial charge in [0.1, 0.15) is 10.6 Å². The van der Waals surface area contributed by atoms with Crippen molar-refractivity contribution in [1.29, 1.82) is 0 Å². The van der Waals surface area contributed by atoms with E-state index in [0.29, 0.717) is 11.3 Å². The second kappa shape index (κ2) is 7.86. The van der Waals surface area contributed by atoms with Gasteiger partial charge in [-0.1, -0.05) is 36.4 Å². The molecule has 32 heavy (non-hydrogen) atoms. The van der Waals surface area contributed by atoms with E-state index in [4.69, 9.17) is 0 Å². The van der Waals surface area contributed by atoms with Crippen LogP contribution in [0.5, 0.6) is 11.6 Å². The van der Waals surface area contributed by atoms with Gasteiger partial charge in [0.2, 0.25) is 5.88 Å². The summed E-state index contributed by atoms with van der Waals surface area (Å²) in [5.41, 5.74) is 4.38. The minimum Gasteiger partial charge on any atom is -0.505 e. The number of hydrogen-bond acceptors (Lipinski definition) is 5. The molecule has 5 aromatic rings. The number of carbonyl (C=O) groups excluding carboxylic acids is 1. The van der Waals surface area contributed by atoms with Crippen LogP contribution in [0.4, 0.5) is 5.69 Å². The standard InChI is InChI=1S/C25H19N3O3S/c1-14-7-12-18-19(13-14)32-25(27-18)16-8-10-17(11-9-16)26-23(30)20-22(29)21(28-24(20)31)15-5-3-2-4-6-15/h2-13,28-29,31H,1H3,(H,26,30). The third-order valence-corrected chi connectivity index (χ3v) is 6.24. The fraction of sp³-hybridized carbons (Fsp3) is 0.0400. The van der Waals surface area contributed by atoms with Crippen molar-refractivity contribution in [2.75, 3.05) is 5.32 Å². The molecule has 6 nitrogen and oxygen atoms in total. The lowest BCUT2D eigenvalue weighted by Gasteiger charge is -2.06. The summed E-state index contributed by atoms with van der Waals surface area (Å²) in [4.78, 5) is 20.1. The molecule has 0 bridgehead atoms. The van der Waals surface area contributed by atoms with Crippen LogP contribution in [-0.2, 0) is 0 Å². The third-order valence-electron chi connectivity index (χ3n) is 5.18. The summed E-state index contributed by atoms with van der Waals surface area (Å²) >= 11 is 1.62. The molecule has 0 radical (unpaired) electrons. The first-order valence-electron chi connectivity index (χ1n) is 9.98. The van der Waals surface area contributed by atoms with Crippen LogP contribution in [0.1, 0.15) is 15.9 Å². The second-order valence-corrected chi connectivity index (χ2v) is 8.49. The number of anilines is 1. The number of hydrogen-bond donors (Lipinski definition) is 4. The van der Waals surface area contributed by atoms with Crippen LogP contribution >= 0.6 is 11.3 Å². The number of nitrogens with zero attached hydrogens (tertiary/aromatic N) is 1. The van der Waals surface area contributed by atoms with Gasteiger partial charge in [0.05, 0.1) is 15.9 Å². The van der Waals surface area contributed by atoms with Crippen molar-refractivity contribution in [2.45, 2.75) is 6.92 Å². The van der Waals surface area contributed by atoms with Crippen molar-refractivity contribution in [3.05, 3.63) is 83.9 Å². The number of carbonyl (C=O) groups is 1. The van der Waals surface area contributed by atoms with E-state index in [1.165, 1.54) is 5.56 Å². The molecule has 0 unspecified atom stereocenters. The molecule has 0 aliphatic rings. The highest BCUT2D eigenvalue weighted by atomic mass is 32.1. The number of rotatable bonds is 4. The number of aryl methyl sites for hydroxylation is 1. The number of aromatic nitrogens is 2. The van der Waals surface area contributed by atoms with Gasteiger partial charge in [0, 0.05) is 16.8 Å². The molecule has 0 saturated heterocycles. The first kappa shape index (κ1) is 19.8. The van der Waals surface area contributed by atoms with Gasteiger partial charge in [0.25, 0.3) is 5.91 Å². The van der Waals surface area contributed by atoms with E-state index in [1.54, 1.807) is 47.7 Å². The SMILES string of the molecule is Cc1ccc2nc(-c3ccc(NC(=O)c4c(O)[nH]c(-c5ccccc5)c4O)cc3)sc2c1. The predicted molar refractivity (Wildman–Crippen MR) is 127 cm³/mol. The number of fused-ring (bicyclic) bond motifs is 1. The van der Waals surface area contributed by atoms with E-state index in [9.17, 15) is 15.0 Å². The number of aromatic amines is 1. The Bertz CT molecular complexity index is 1440. The lowest BCUT2D eigenvalue weighted by atomic mass is 10.1. The molecule has 1 amide bonds. The summed E-state index contributed by atoms with van der Waals surface area (Å²) in [5, 5.41) is 24.4. The van der Waals surface area contributed by atoms with Crippen molar-refractivity contribution in [1.82, 2.24) is 9.97 Å². The number of nitrogens with one attached hydrogen (secondary N) is 2. The molecule has 5 rings (SSSR count). The minimum atomic E-state index is -0.610. The summed E-state index contributed by atoms with van der Waals surface area (Å²) in [6, 6.07) is 22.5. The molecule has 3 aromatic carbocycles. The Hall–Kier alpha value is -4.10. The molecule has 0 aliphatic heterocycles. The first-order chi connectivity index (χ1) is 15.5. The Kier molecular flexibility index (Phi) is 4.88. The Labute approximate surface area is 187 Å². The van der Waals surface area contributed by atoms with Gasteiger partial charge < -0.3 is 20.5 Å². The molecule has 0 atom stereocenters. The van der Waals surface area contributed by atoms with Crippen LogP contribution in [-0.4, -0.2) is 26.1 Å². The smallest absolute Gasteiger partial charge is 0.264 e. The molecule has 0 spiro atoms. The number of aromatic hydroxyl groups is 2. The lowest BCUT2D eigenvalue weighted by molar-refractivity contribution is 0.102. The average molecular weight is 442 g/mol. The van der Waals surface area contributed by atoms with E-state index in [2.05, 4.69) is 28.3 Å². The zero-order chi connectivity index (χ0) is 22.2. The Balaban J connectivity index is 1.38. The highest BCUT2D eigenvalue weighted by Crippen LogP contribution is 2.38. The van der Waals surface area contributed by atoms with Crippen molar-refractivity contribution in [3.63, 3.8) is 0 Å². The molecule has 2 aromatic heterocycles.